The third kappa shape index (κ3) is 1.97. The molecule has 0 radical (unpaired) electrons. The second-order valence-electron chi connectivity index (χ2n) is 4.32. The molecule has 0 unspecified atom stereocenters. The molecule has 0 N–H and O–H groups in total. The molecule has 4 rings (SSSR count). The Kier molecular flexibility index (Phi) is 2.90. The molecule has 20 heavy (non-hydrogen) atoms. The molecule has 0 amide bonds. The molecule has 4 nitrogen and oxygen atoms in total. The molecule has 0 fully saturated rings. The van der Waals surface area contributed by atoms with Crippen LogP contribution in [0.3, 0.4) is 0 Å². The number of rotatable bonds is 3. The minimum absolute atomic E-state index is 0.846. The first-order valence-corrected chi connectivity index (χ1v) is 7.96. The van der Waals surface area contributed by atoms with Gasteiger partial charge in [0, 0.05) is 18.1 Å². The zero-order valence-electron chi connectivity index (χ0n) is 10.4. The van der Waals surface area contributed by atoms with Gasteiger partial charge in [-0.15, -0.1) is 10.2 Å². The Morgan fingerprint density at radius 3 is 2.95 bits per heavy atom. The summed E-state index contributed by atoms with van der Waals surface area (Å²) in [5, 5.41) is 9.48. The normalized spacial score (nSPS) is 11.4. The topological polar surface area (TPSA) is 43.1 Å². The van der Waals surface area contributed by atoms with Gasteiger partial charge < -0.3 is 0 Å². The van der Waals surface area contributed by atoms with Crippen molar-refractivity contribution in [1.82, 2.24) is 19.6 Å². The highest BCUT2D eigenvalue weighted by Gasteiger charge is 2.12. The molecule has 3 heterocycles. The first-order valence-electron chi connectivity index (χ1n) is 6.16. The number of pyridine rings is 1. The van der Waals surface area contributed by atoms with Gasteiger partial charge in [0.15, 0.2) is 5.16 Å². The zero-order valence-corrected chi connectivity index (χ0v) is 12.1. The van der Waals surface area contributed by atoms with Gasteiger partial charge in [-0.25, -0.2) is 0 Å². The first-order chi connectivity index (χ1) is 9.92. The van der Waals surface area contributed by atoms with Crippen LogP contribution in [0, 0.1) is 0 Å². The SMILES string of the molecule is c1cncc(CSc2nnc3sc4ccccc4n23)c1. The van der Waals surface area contributed by atoms with Crippen LogP contribution in [0.15, 0.2) is 53.9 Å². The molecule has 0 aliphatic rings. The summed E-state index contributed by atoms with van der Waals surface area (Å²) in [7, 11) is 0. The van der Waals surface area contributed by atoms with Gasteiger partial charge in [-0.3, -0.25) is 9.38 Å². The van der Waals surface area contributed by atoms with E-state index in [0.717, 1.165) is 15.9 Å². The van der Waals surface area contributed by atoms with Gasteiger partial charge in [-0.05, 0) is 23.8 Å². The van der Waals surface area contributed by atoms with Gasteiger partial charge >= 0.3 is 0 Å². The summed E-state index contributed by atoms with van der Waals surface area (Å²) in [4.78, 5) is 5.08. The van der Waals surface area contributed by atoms with Crippen LogP contribution in [0.25, 0.3) is 15.2 Å². The Balaban J connectivity index is 1.73. The molecule has 0 saturated carbocycles. The first kappa shape index (κ1) is 11.9. The van der Waals surface area contributed by atoms with Crippen LogP contribution in [0.5, 0.6) is 0 Å². The maximum absolute atomic E-state index is 4.29. The molecule has 4 aromatic rings. The van der Waals surface area contributed by atoms with E-state index >= 15 is 0 Å². The van der Waals surface area contributed by atoms with Crippen molar-refractivity contribution in [2.45, 2.75) is 10.9 Å². The van der Waals surface area contributed by atoms with E-state index in [4.69, 9.17) is 0 Å². The van der Waals surface area contributed by atoms with Crippen molar-refractivity contribution in [1.29, 1.82) is 0 Å². The van der Waals surface area contributed by atoms with Gasteiger partial charge in [-0.1, -0.05) is 41.3 Å². The van der Waals surface area contributed by atoms with E-state index in [2.05, 4.69) is 37.8 Å². The molecule has 6 heteroatoms. The standard InChI is InChI=1S/C14H10N4S2/c1-2-6-12-11(5-1)18-13(16-17-14(18)20-12)19-9-10-4-3-7-15-8-10/h1-8H,9H2. The van der Waals surface area contributed by atoms with Gasteiger partial charge in [0.25, 0.3) is 0 Å². The van der Waals surface area contributed by atoms with Crippen LogP contribution in [0.2, 0.25) is 0 Å². The summed E-state index contributed by atoms with van der Waals surface area (Å²) in [5.74, 6) is 0.846. The van der Waals surface area contributed by atoms with E-state index in [1.54, 1.807) is 29.3 Å². The lowest BCUT2D eigenvalue weighted by molar-refractivity contribution is 0.940. The van der Waals surface area contributed by atoms with Crippen molar-refractivity contribution in [3.05, 3.63) is 54.4 Å². The Labute approximate surface area is 123 Å². The third-order valence-electron chi connectivity index (χ3n) is 3.00. The molecule has 0 bridgehead atoms. The molecule has 0 saturated heterocycles. The summed E-state index contributed by atoms with van der Waals surface area (Å²) < 4.78 is 3.36. The smallest absolute Gasteiger partial charge is 0.217 e. The zero-order chi connectivity index (χ0) is 13.4. The maximum atomic E-state index is 4.29. The molecular weight excluding hydrogens is 288 g/mol. The van der Waals surface area contributed by atoms with Crippen LogP contribution in [-0.4, -0.2) is 19.6 Å². The molecule has 0 aliphatic carbocycles. The van der Waals surface area contributed by atoms with Gasteiger partial charge in [0.05, 0.1) is 10.2 Å². The highest BCUT2D eigenvalue weighted by Crippen LogP contribution is 2.30. The predicted molar refractivity (Wildman–Crippen MR) is 82.2 cm³/mol. The van der Waals surface area contributed by atoms with Crippen molar-refractivity contribution < 1.29 is 0 Å². The van der Waals surface area contributed by atoms with E-state index in [-0.39, 0.29) is 0 Å². The number of hydrogen-bond donors (Lipinski definition) is 0. The molecular formula is C14H10N4S2. The largest absolute Gasteiger partial charge is 0.264 e. The lowest BCUT2D eigenvalue weighted by Crippen LogP contribution is -1.87. The van der Waals surface area contributed by atoms with Gasteiger partial charge in [-0.2, -0.15) is 0 Å². The van der Waals surface area contributed by atoms with E-state index in [9.17, 15) is 0 Å². The second-order valence-corrected chi connectivity index (χ2v) is 6.27. The van der Waals surface area contributed by atoms with E-state index in [1.807, 2.05) is 24.4 Å². The van der Waals surface area contributed by atoms with Crippen molar-refractivity contribution in [3.63, 3.8) is 0 Å². The van der Waals surface area contributed by atoms with Gasteiger partial charge in [0.2, 0.25) is 4.96 Å². The Morgan fingerprint density at radius 1 is 1.10 bits per heavy atom. The fourth-order valence-corrected chi connectivity index (χ4v) is 3.98. The number of thioether (sulfide) groups is 1. The van der Waals surface area contributed by atoms with Crippen molar-refractivity contribution in [2.24, 2.45) is 0 Å². The minimum atomic E-state index is 0.846. The third-order valence-corrected chi connectivity index (χ3v) is 5.01. The fraction of sp³-hybridized carbons (Fsp3) is 0.0714. The second kappa shape index (κ2) is 4.88. The van der Waals surface area contributed by atoms with Crippen molar-refractivity contribution >= 4 is 38.3 Å². The predicted octanol–water partition coefficient (Wildman–Crippen LogP) is 3.63. The number of thiazole rings is 1. The highest BCUT2D eigenvalue weighted by atomic mass is 32.2. The molecule has 0 aliphatic heterocycles. The van der Waals surface area contributed by atoms with Crippen LogP contribution in [-0.2, 0) is 5.75 Å². The molecule has 98 valence electrons. The Hall–Kier alpha value is -1.92. The number of benzene rings is 1. The van der Waals surface area contributed by atoms with Crippen molar-refractivity contribution in [3.8, 4) is 0 Å². The van der Waals surface area contributed by atoms with E-state index in [1.165, 1.54) is 15.8 Å². The lowest BCUT2D eigenvalue weighted by Gasteiger charge is -1.99. The number of nitrogens with zero attached hydrogens (tertiary/aromatic N) is 4. The summed E-state index contributed by atoms with van der Waals surface area (Å²) >= 11 is 3.35. The Bertz CT molecular complexity index is 867. The minimum Gasteiger partial charge on any atom is -0.264 e. The van der Waals surface area contributed by atoms with Crippen LogP contribution < -0.4 is 0 Å². The Morgan fingerprint density at radius 2 is 2.05 bits per heavy atom. The lowest BCUT2D eigenvalue weighted by atomic mass is 10.3. The van der Waals surface area contributed by atoms with Crippen LogP contribution in [0.4, 0.5) is 0 Å². The average Bonchev–Trinajstić information content (AvgIpc) is 3.05. The summed E-state index contributed by atoms with van der Waals surface area (Å²) in [6.45, 7) is 0. The number of aromatic nitrogens is 4. The fourth-order valence-electron chi connectivity index (χ4n) is 2.08. The average molecular weight is 298 g/mol. The number of hydrogen-bond acceptors (Lipinski definition) is 5. The quantitative estimate of drug-likeness (QED) is 0.542. The monoisotopic (exact) mass is 298 g/mol. The summed E-state index contributed by atoms with van der Waals surface area (Å²) in [5.41, 5.74) is 2.36. The van der Waals surface area contributed by atoms with Gasteiger partial charge in [0.1, 0.15) is 0 Å². The van der Waals surface area contributed by atoms with E-state index < -0.39 is 0 Å². The number of para-hydroxylation sites is 1. The molecule has 3 aromatic heterocycles. The highest BCUT2D eigenvalue weighted by molar-refractivity contribution is 7.98. The summed E-state index contributed by atoms with van der Waals surface area (Å²) in [6.07, 6.45) is 3.67. The molecule has 0 spiro atoms. The van der Waals surface area contributed by atoms with Crippen LogP contribution in [0.1, 0.15) is 5.56 Å². The molecule has 1 aromatic carbocycles. The maximum Gasteiger partial charge on any atom is 0.217 e. The van der Waals surface area contributed by atoms with Crippen LogP contribution >= 0.6 is 23.1 Å². The van der Waals surface area contributed by atoms with Crippen molar-refractivity contribution in [2.75, 3.05) is 0 Å². The number of fused-ring (bicyclic) bond motifs is 3. The summed E-state index contributed by atoms with van der Waals surface area (Å²) in [6, 6.07) is 12.3. The van der Waals surface area contributed by atoms with E-state index in [0.29, 0.717) is 0 Å². The molecule has 0 atom stereocenters.